The van der Waals surface area contributed by atoms with Crippen LogP contribution in [0, 0.1) is 5.92 Å². The molecule has 0 saturated heterocycles. The largest absolute Gasteiger partial charge is 0.371 e. The molecule has 0 aliphatic heterocycles. The third-order valence-corrected chi connectivity index (χ3v) is 3.57. The third-order valence-electron chi connectivity index (χ3n) is 2.65. The Morgan fingerprint density at radius 3 is 2.87 bits per heavy atom. The molecule has 1 fully saturated rings. The van der Waals surface area contributed by atoms with Crippen molar-refractivity contribution in [3.05, 3.63) is 16.1 Å². The predicted octanol–water partition coefficient (Wildman–Crippen LogP) is 2.65. The van der Waals surface area contributed by atoms with Crippen LogP contribution in [-0.2, 0) is 4.74 Å². The van der Waals surface area contributed by atoms with E-state index in [0.717, 1.165) is 17.3 Å². The number of rotatable bonds is 5. The molecule has 1 heterocycles. The fourth-order valence-corrected chi connectivity index (χ4v) is 2.69. The van der Waals surface area contributed by atoms with Crippen LogP contribution in [0.1, 0.15) is 49.5 Å². The van der Waals surface area contributed by atoms with E-state index in [2.05, 4.69) is 10.4 Å². The SMILES string of the molecule is CCOC(c1nc(C(C)N)cs1)C1CC1. The zero-order chi connectivity index (χ0) is 10.8. The summed E-state index contributed by atoms with van der Waals surface area (Å²) in [7, 11) is 0. The van der Waals surface area contributed by atoms with Crippen molar-refractivity contribution in [2.75, 3.05) is 6.61 Å². The maximum atomic E-state index is 5.80. The molecule has 0 aromatic carbocycles. The van der Waals surface area contributed by atoms with Gasteiger partial charge in [-0.15, -0.1) is 11.3 Å². The van der Waals surface area contributed by atoms with Crippen LogP contribution < -0.4 is 5.73 Å². The minimum atomic E-state index is 0.0245. The minimum Gasteiger partial charge on any atom is -0.371 e. The van der Waals surface area contributed by atoms with Crippen LogP contribution in [0.3, 0.4) is 0 Å². The van der Waals surface area contributed by atoms with Gasteiger partial charge in [0.1, 0.15) is 11.1 Å². The van der Waals surface area contributed by atoms with E-state index in [9.17, 15) is 0 Å². The molecular formula is C11H18N2OS. The zero-order valence-electron chi connectivity index (χ0n) is 9.27. The number of ether oxygens (including phenoxy) is 1. The van der Waals surface area contributed by atoms with Gasteiger partial charge in [-0.1, -0.05) is 0 Å². The highest BCUT2D eigenvalue weighted by Gasteiger charge is 2.34. The average Bonchev–Trinajstić information content (AvgIpc) is 2.91. The molecule has 1 aromatic rings. The van der Waals surface area contributed by atoms with Crippen molar-refractivity contribution in [1.82, 2.24) is 4.98 Å². The molecule has 1 aliphatic carbocycles. The molecule has 4 heteroatoms. The van der Waals surface area contributed by atoms with Gasteiger partial charge in [0.15, 0.2) is 0 Å². The first kappa shape index (κ1) is 11.0. The lowest BCUT2D eigenvalue weighted by atomic mass is 10.2. The van der Waals surface area contributed by atoms with E-state index in [1.165, 1.54) is 12.8 Å². The van der Waals surface area contributed by atoms with Crippen LogP contribution in [0.25, 0.3) is 0 Å². The monoisotopic (exact) mass is 226 g/mol. The van der Waals surface area contributed by atoms with Gasteiger partial charge in [0.2, 0.25) is 0 Å². The second kappa shape index (κ2) is 4.60. The van der Waals surface area contributed by atoms with Gasteiger partial charge in [-0.2, -0.15) is 0 Å². The van der Waals surface area contributed by atoms with E-state index in [4.69, 9.17) is 10.5 Å². The highest BCUT2D eigenvalue weighted by atomic mass is 32.1. The normalized spacial score (nSPS) is 20.2. The Balaban J connectivity index is 2.10. The van der Waals surface area contributed by atoms with Gasteiger partial charge in [-0.3, -0.25) is 0 Å². The first-order valence-electron chi connectivity index (χ1n) is 5.55. The summed E-state index contributed by atoms with van der Waals surface area (Å²) >= 11 is 1.68. The van der Waals surface area contributed by atoms with E-state index >= 15 is 0 Å². The van der Waals surface area contributed by atoms with E-state index in [1.54, 1.807) is 11.3 Å². The Morgan fingerprint density at radius 1 is 1.67 bits per heavy atom. The molecule has 1 aromatic heterocycles. The number of hydrogen-bond donors (Lipinski definition) is 1. The topological polar surface area (TPSA) is 48.1 Å². The lowest BCUT2D eigenvalue weighted by molar-refractivity contribution is 0.0461. The third kappa shape index (κ3) is 2.56. The van der Waals surface area contributed by atoms with Crippen molar-refractivity contribution in [2.24, 2.45) is 11.7 Å². The minimum absolute atomic E-state index is 0.0245. The molecule has 2 atom stereocenters. The van der Waals surface area contributed by atoms with Crippen LogP contribution in [0.4, 0.5) is 0 Å². The molecule has 2 unspecified atom stereocenters. The molecule has 0 spiro atoms. The van der Waals surface area contributed by atoms with Crippen molar-refractivity contribution in [1.29, 1.82) is 0 Å². The summed E-state index contributed by atoms with van der Waals surface area (Å²) in [4.78, 5) is 4.56. The summed E-state index contributed by atoms with van der Waals surface area (Å²) in [6.07, 6.45) is 2.77. The van der Waals surface area contributed by atoms with Crippen LogP contribution in [0.5, 0.6) is 0 Å². The summed E-state index contributed by atoms with van der Waals surface area (Å²) in [5.74, 6) is 0.692. The highest BCUT2D eigenvalue weighted by molar-refractivity contribution is 7.09. The first-order chi connectivity index (χ1) is 7.22. The molecule has 1 saturated carbocycles. The molecule has 2 N–H and O–H groups in total. The quantitative estimate of drug-likeness (QED) is 0.839. The molecule has 1 aliphatic rings. The Morgan fingerprint density at radius 2 is 2.40 bits per heavy atom. The Hall–Kier alpha value is -0.450. The summed E-state index contributed by atoms with van der Waals surface area (Å²) in [6.45, 7) is 4.76. The van der Waals surface area contributed by atoms with Crippen molar-refractivity contribution >= 4 is 11.3 Å². The summed E-state index contributed by atoms with van der Waals surface area (Å²) in [6, 6.07) is 0.0245. The smallest absolute Gasteiger partial charge is 0.122 e. The summed E-state index contributed by atoms with van der Waals surface area (Å²) in [5.41, 5.74) is 6.78. The lowest BCUT2D eigenvalue weighted by Crippen LogP contribution is -2.09. The molecule has 15 heavy (non-hydrogen) atoms. The van der Waals surface area contributed by atoms with E-state index in [0.29, 0.717) is 5.92 Å². The van der Waals surface area contributed by atoms with Crippen molar-refractivity contribution in [2.45, 2.75) is 38.8 Å². The average molecular weight is 226 g/mol. The van der Waals surface area contributed by atoms with E-state index < -0.39 is 0 Å². The molecule has 0 bridgehead atoms. The van der Waals surface area contributed by atoms with E-state index in [-0.39, 0.29) is 12.1 Å². The first-order valence-corrected chi connectivity index (χ1v) is 6.42. The molecular weight excluding hydrogens is 208 g/mol. The fraction of sp³-hybridized carbons (Fsp3) is 0.727. The van der Waals surface area contributed by atoms with E-state index in [1.807, 2.05) is 13.8 Å². The maximum absolute atomic E-state index is 5.80. The second-order valence-electron chi connectivity index (χ2n) is 4.11. The highest BCUT2D eigenvalue weighted by Crippen LogP contribution is 2.44. The van der Waals surface area contributed by atoms with Crippen LogP contribution >= 0.6 is 11.3 Å². The lowest BCUT2D eigenvalue weighted by Gasteiger charge is -2.13. The molecule has 0 amide bonds. The number of nitrogens with two attached hydrogens (primary N) is 1. The van der Waals surface area contributed by atoms with Crippen LogP contribution in [0.2, 0.25) is 0 Å². The number of nitrogens with zero attached hydrogens (tertiary/aromatic N) is 1. The van der Waals surface area contributed by atoms with Crippen LogP contribution in [0.15, 0.2) is 5.38 Å². The van der Waals surface area contributed by atoms with Gasteiger partial charge in [0, 0.05) is 18.0 Å². The summed E-state index contributed by atoms with van der Waals surface area (Å²) < 4.78 is 5.75. The number of aromatic nitrogens is 1. The van der Waals surface area contributed by atoms with Gasteiger partial charge in [-0.05, 0) is 32.6 Å². The van der Waals surface area contributed by atoms with Crippen LogP contribution in [-0.4, -0.2) is 11.6 Å². The summed E-state index contributed by atoms with van der Waals surface area (Å²) in [5, 5.41) is 3.15. The number of hydrogen-bond acceptors (Lipinski definition) is 4. The second-order valence-corrected chi connectivity index (χ2v) is 5.00. The van der Waals surface area contributed by atoms with Crippen molar-refractivity contribution in [3.63, 3.8) is 0 Å². The predicted molar refractivity (Wildman–Crippen MR) is 61.8 cm³/mol. The van der Waals surface area contributed by atoms with Gasteiger partial charge >= 0.3 is 0 Å². The zero-order valence-corrected chi connectivity index (χ0v) is 10.1. The number of thiazole rings is 1. The Bertz CT molecular complexity index is 320. The van der Waals surface area contributed by atoms with Crippen molar-refractivity contribution < 1.29 is 4.74 Å². The maximum Gasteiger partial charge on any atom is 0.122 e. The van der Waals surface area contributed by atoms with Gasteiger partial charge in [-0.25, -0.2) is 4.98 Å². The Kier molecular flexibility index (Phi) is 3.38. The molecule has 0 radical (unpaired) electrons. The molecule has 3 nitrogen and oxygen atoms in total. The molecule has 2 rings (SSSR count). The van der Waals surface area contributed by atoms with Crippen molar-refractivity contribution in [3.8, 4) is 0 Å². The molecule has 84 valence electrons. The standard InChI is InChI=1S/C11H18N2OS/c1-3-14-10(8-4-5-8)11-13-9(6-15-11)7(2)12/h6-8,10H,3-5,12H2,1-2H3. The van der Waals surface area contributed by atoms with Gasteiger partial charge in [0.25, 0.3) is 0 Å². The van der Waals surface area contributed by atoms with Gasteiger partial charge < -0.3 is 10.5 Å². The Labute approximate surface area is 94.7 Å². The fourth-order valence-electron chi connectivity index (χ4n) is 1.63. The van der Waals surface area contributed by atoms with Gasteiger partial charge in [0.05, 0.1) is 5.69 Å².